The van der Waals surface area contributed by atoms with Gasteiger partial charge in [0.05, 0.1) is 10.6 Å². The number of benzene rings is 2. The highest BCUT2D eigenvalue weighted by Crippen LogP contribution is 2.24. The first-order valence-electron chi connectivity index (χ1n) is 7.98. The molecule has 0 aliphatic carbocycles. The lowest BCUT2D eigenvalue weighted by molar-refractivity contribution is -0.119. The predicted molar refractivity (Wildman–Crippen MR) is 102 cm³/mol. The Bertz CT molecular complexity index is 973. The summed E-state index contributed by atoms with van der Waals surface area (Å²) in [4.78, 5) is 23.8. The van der Waals surface area contributed by atoms with Crippen molar-refractivity contribution in [3.8, 4) is 0 Å². The van der Waals surface area contributed by atoms with Gasteiger partial charge < -0.3 is 10.1 Å². The van der Waals surface area contributed by atoms with E-state index in [0.717, 1.165) is 11.6 Å². The van der Waals surface area contributed by atoms with Crippen LogP contribution < -0.4 is 10.5 Å². The molecule has 1 amide bonds. The zero-order valence-corrected chi connectivity index (χ0v) is 16.3. The highest BCUT2D eigenvalue weighted by molar-refractivity contribution is 7.89. The molecule has 0 aromatic heterocycles. The molecule has 0 bridgehead atoms. The summed E-state index contributed by atoms with van der Waals surface area (Å²) in [6.45, 7) is 3.46. The molecule has 0 fully saturated rings. The fraction of sp³-hybridized carbons (Fsp3) is 0.222. The molecule has 0 saturated heterocycles. The van der Waals surface area contributed by atoms with Gasteiger partial charge in [0.25, 0.3) is 5.91 Å². The van der Waals surface area contributed by atoms with Gasteiger partial charge in [0, 0.05) is 5.69 Å². The Balaban J connectivity index is 2.05. The van der Waals surface area contributed by atoms with Crippen molar-refractivity contribution in [3.63, 3.8) is 0 Å². The number of para-hydroxylation sites is 1. The largest absolute Gasteiger partial charge is 0.452 e. The molecule has 2 aromatic carbocycles. The second kappa shape index (κ2) is 8.51. The number of carbonyl (C=O) groups excluding carboxylic acids is 2. The molecule has 7 nitrogen and oxygen atoms in total. The number of hydrogen-bond donors (Lipinski definition) is 2. The van der Waals surface area contributed by atoms with E-state index in [9.17, 15) is 18.0 Å². The lowest BCUT2D eigenvalue weighted by Crippen LogP contribution is -2.22. The number of nitrogens with one attached hydrogen (secondary N) is 1. The second-order valence-electron chi connectivity index (χ2n) is 6.06. The number of carbonyl (C=O) groups is 2. The van der Waals surface area contributed by atoms with E-state index in [2.05, 4.69) is 5.32 Å². The van der Waals surface area contributed by atoms with Gasteiger partial charge in [-0.15, -0.1) is 0 Å². The number of nitrogens with two attached hydrogens (primary N) is 1. The van der Waals surface area contributed by atoms with E-state index in [1.54, 1.807) is 12.1 Å². The number of anilines is 1. The first-order chi connectivity index (χ1) is 12.6. The number of sulfonamides is 1. The van der Waals surface area contributed by atoms with Crippen LogP contribution >= 0.6 is 11.6 Å². The molecule has 2 aromatic rings. The second-order valence-corrected chi connectivity index (χ2v) is 7.99. The first-order valence-corrected chi connectivity index (χ1v) is 9.90. The third kappa shape index (κ3) is 5.53. The molecular formula is C18H19ClN2O5S. The molecule has 0 atom stereocenters. The average Bonchev–Trinajstić information content (AvgIpc) is 2.59. The van der Waals surface area contributed by atoms with Gasteiger partial charge in [-0.25, -0.2) is 18.4 Å². The molecule has 0 spiro atoms. The molecule has 0 aliphatic heterocycles. The normalized spacial score (nSPS) is 11.3. The molecule has 9 heteroatoms. The van der Waals surface area contributed by atoms with Crippen LogP contribution in [0.4, 0.5) is 5.69 Å². The smallest absolute Gasteiger partial charge is 0.338 e. The van der Waals surface area contributed by atoms with E-state index in [0.29, 0.717) is 5.69 Å². The monoisotopic (exact) mass is 410 g/mol. The zero-order chi connectivity index (χ0) is 20.2. The van der Waals surface area contributed by atoms with Crippen LogP contribution in [0.3, 0.4) is 0 Å². The fourth-order valence-electron chi connectivity index (χ4n) is 2.36. The van der Waals surface area contributed by atoms with Crippen molar-refractivity contribution < 1.29 is 22.7 Å². The molecule has 0 heterocycles. The van der Waals surface area contributed by atoms with Gasteiger partial charge in [0.1, 0.15) is 4.90 Å². The van der Waals surface area contributed by atoms with E-state index < -0.39 is 33.4 Å². The minimum absolute atomic E-state index is 0.0844. The van der Waals surface area contributed by atoms with Crippen molar-refractivity contribution in [2.45, 2.75) is 24.7 Å². The van der Waals surface area contributed by atoms with Gasteiger partial charge >= 0.3 is 5.97 Å². The number of halogens is 1. The Hall–Kier alpha value is -2.42. The number of ether oxygens (including phenoxy) is 1. The van der Waals surface area contributed by atoms with E-state index >= 15 is 0 Å². The van der Waals surface area contributed by atoms with Crippen LogP contribution in [0, 0.1) is 0 Å². The van der Waals surface area contributed by atoms with Crippen molar-refractivity contribution in [3.05, 3.63) is 58.6 Å². The van der Waals surface area contributed by atoms with Crippen molar-refractivity contribution in [1.29, 1.82) is 0 Å². The lowest BCUT2D eigenvalue weighted by atomic mass is 10.0. The summed E-state index contributed by atoms with van der Waals surface area (Å²) in [6, 6.07) is 10.8. The van der Waals surface area contributed by atoms with Crippen LogP contribution in [-0.2, 0) is 19.6 Å². The summed E-state index contributed by atoms with van der Waals surface area (Å²) in [7, 11) is -4.09. The Labute approximate surface area is 162 Å². The summed E-state index contributed by atoms with van der Waals surface area (Å²) < 4.78 is 27.9. The zero-order valence-electron chi connectivity index (χ0n) is 14.7. The maximum atomic E-state index is 12.1. The molecule has 0 aliphatic rings. The van der Waals surface area contributed by atoms with Gasteiger partial charge in [0.15, 0.2) is 6.61 Å². The van der Waals surface area contributed by atoms with Gasteiger partial charge in [-0.2, -0.15) is 0 Å². The Morgan fingerprint density at radius 1 is 1.19 bits per heavy atom. The number of rotatable bonds is 6. The third-order valence-corrected chi connectivity index (χ3v) is 5.06. The standard InChI is InChI=1S/C18H19ClN2O5S/c1-11(2)13-5-3-4-6-15(13)21-17(22)10-26-18(23)12-7-8-14(19)16(9-12)27(20,24)25/h3-9,11H,10H2,1-2H3,(H,21,22)(H2,20,24,25). The lowest BCUT2D eigenvalue weighted by Gasteiger charge is -2.13. The molecule has 0 radical (unpaired) electrons. The molecule has 27 heavy (non-hydrogen) atoms. The van der Waals surface area contributed by atoms with Crippen LogP contribution in [0.15, 0.2) is 47.4 Å². The Kier molecular flexibility index (Phi) is 6.59. The summed E-state index contributed by atoms with van der Waals surface area (Å²) in [5.74, 6) is -1.18. The summed E-state index contributed by atoms with van der Waals surface area (Å²) in [5.41, 5.74) is 1.50. The van der Waals surface area contributed by atoms with Crippen molar-refractivity contribution in [1.82, 2.24) is 0 Å². The molecule has 2 rings (SSSR count). The number of primary sulfonamides is 1. The maximum Gasteiger partial charge on any atom is 0.338 e. The molecule has 0 unspecified atom stereocenters. The fourth-order valence-corrected chi connectivity index (χ4v) is 3.43. The first kappa shape index (κ1) is 20.9. The summed E-state index contributed by atoms with van der Waals surface area (Å²) >= 11 is 5.77. The number of amides is 1. The van der Waals surface area contributed by atoms with Gasteiger partial charge in [-0.1, -0.05) is 43.6 Å². The van der Waals surface area contributed by atoms with Gasteiger partial charge in [-0.05, 0) is 35.7 Å². The molecule has 0 saturated carbocycles. The van der Waals surface area contributed by atoms with E-state index in [1.165, 1.54) is 12.1 Å². The molecule has 144 valence electrons. The van der Waals surface area contributed by atoms with Crippen LogP contribution in [0.5, 0.6) is 0 Å². The van der Waals surface area contributed by atoms with Crippen LogP contribution in [0.25, 0.3) is 0 Å². The van der Waals surface area contributed by atoms with Crippen LogP contribution in [-0.4, -0.2) is 26.9 Å². The predicted octanol–water partition coefficient (Wildman–Crippen LogP) is 2.91. The molecular weight excluding hydrogens is 392 g/mol. The third-order valence-electron chi connectivity index (χ3n) is 3.66. The van der Waals surface area contributed by atoms with E-state index in [4.69, 9.17) is 21.5 Å². The van der Waals surface area contributed by atoms with Gasteiger partial charge in [-0.3, -0.25) is 4.79 Å². The number of hydrogen-bond acceptors (Lipinski definition) is 5. The Morgan fingerprint density at radius 3 is 2.48 bits per heavy atom. The minimum Gasteiger partial charge on any atom is -0.452 e. The minimum atomic E-state index is -4.09. The summed E-state index contributed by atoms with van der Waals surface area (Å²) in [5, 5.41) is 7.62. The average molecular weight is 411 g/mol. The molecule has 3 N–H and O–H groups in total. The quantitative estimate of drug-likeness (QED) is 0.710. The topological polar surface area (TPSA) is 116 Å². The number of esters is 1. The highest BCUT2D eigenvalue weighted by Gasteiger charge is 2.18. The maximum absolute atomic E-state index is 12.1. The van der Waals surface area contributed by atoms with E-state index in [1.807, 2.05) is 26.0 Å². The van der Waals surface area contributed by atoms with E-state index in [-0.39, 0.29) is 16.5 Å². The van der Waals surface area contributed by atoms with Crippen LogP contribution in [0.1, 0.15) is 35.7 Å². The van der Waals surface area contributed by atoms with Crippen molar-refractivity contribution in [2.24, 2.45) is 5.14 Å². The van der Waals surface area contributed by atoms with Gasteiger partial charge in [0.2, 0.25) is 10.0 Å². The van der Waals surface area contributed by atoms with Crippen molar-refractivity contribution in [2.75, 3.05) is 11.9 Å². The van der Waals surface area contributed by atoms with Crippen molar-refractivity contribution >= 4 is 39.2 Å². The highest BCUT2D eigenvalue weighted by atomic mass is 35.5. The SMILES string of the molecule is CC(C)c1ccccc1NC(=O)COC(=O)c1ccc(Cl)c(S(N)(=O)=O)c1. The summed E-state index contributed by atoms with van der Waals surface area (Å²) in [6.07, 6.45) is 0. The Morgan fingerprint density at radius 2 is 1.85 bits per heavy atom. The van der Waals surface area contributed by atoms with Crippen LogP contribution in [0.2, 0.25) is 5.02 Å².